The molecule has 0 spiro atoms. The maximum Gasteiger partial charge on any atom is 0.0714 e. The molecule has 0 saturated heterocycles. The van der Waals surface area contributed by atoms with Crippen molar-refractivity contribution >= 4 is 27.8 Å². The molecule has 0 bridgehead atoms. The van der Waals surface area contributed by atoms with Crippen LogP contribution in [0, 0.1) is 0 Å². The van der Waals surface area contributed by atoms with Crippen molar-refractivity contribution in [2.75, 3.05) is 4.90 Å². The summed E-state index contributed by atoms with van der Waals surface area (Å²) >= 11 is 0. The van der Waals surface area contributed by atoms with Crippen LogP contribution in [0.15, 0.2) is 249 Å². The van der Waals surface area contributed by atoms with E-state index >= 15 is 0 Å². The summed E-state index contributed by atoms with van der Waals surface area (Å²) in [6.45, 7) is 0. The highest BCUT2D eigenvalue weighted by Crippen LogP contribution is 2.57. The predicted octanol–water partition coefficient (Wildman–Crippen LogP) is 15.7. The molecule has 11 rings (SSSR count). The summed E-state index contributed by atoms with van der Waals surface area (Å²) in [6, 6.07) is 91.1. The van der Waals surface area contributed by atoms with Crippen LogP contribution in [0.25, 0.3) is 55.3 Å². The van der Waals surface area contributed by atoms with E-state index in [1.165, 1.54) is 72.0 Å². The minimum Gasteiger partial charge on any atom is -0.310 e. The second kappa shape index (κ2) is 14.9. The molecule has 0 heterocycles. The first-order chi connectivity index (χ1) is 29.8. The fraction of sp³-hybridized carbons (Fsp3) is 0.0169. The van der Waals surface area contributed by atoms with Gasteiger partial charge >= 0.3 is 0 Å². The van der Waals surface area contributed by atoms with Crippen LogP contribution in [0.3, 0.4) is 0 Å². The van der Waals surface area contributed by atoms with E-state index in [1.807, 2.05) is 0 Å². The first-order valence-electron chi connectivity index (χ1n) is 20.8. The monoisotopic (exact) mass is 763 g/mol. The molecule has 10 aromatic rings. The Kier molecular flexibility index (Phi) is 8.79. The quantitative estimate of drug-likeness (QED) is 0.149. The molecule has 0 fully saturated rings. The highest BCUT2D eigenvalue weighted by atomic mass is 15.1. The molecule has 0 radical (unpaired) electrons. The molecule has 60 heavy (non-hydrogen) atoms. The van der Waals surface area contributed by atoms with Gasteiger partial charge in [-0.2, -0.15) is 0 Å². The van der Waals surface area contributed by atoms with Crippen LogP contribution in [-0.4, -0.2) is 0 Å². The van der Waals surface area contributed by atoms with E-state index in [1.54, 1.807) is 0 Å². The molecule has 0 amide bonds. The number of para-hydroxylation sites is 1. The Labute approximate surface area is 352 Å². The Hall–Kier alpha value is -7.74. The lowest BCUT2D eigenvalue weighted by atomic mass is 9.67. The fourth-order valence-corrected chi connectivity index (χ4v) is 9.68. The van der Waals surface area contributed by atoms with Crippen molar-refractivity contribution in [2.24, 2.45) is 0 Å². The number of hydrogen-bond donors (Lipinski definition) is 0. The summed E-state index contributed by atoms with van der Waals surface area (Å²) in [5, 5.41) is 2.50. The Morgan fingerprint density at radius 2 is 0.783 bits per heavy atom. The second-order valence-electron chi connectivity index (χ2n) is 15.6. The predicted molar refractivity (Wildman–Crippen MR) is 252 cm³/mol. The summed E-state index contributed by atoms with van der Waals surface area (Å²) in [5.74, 6) is 0. The van der Waals surface area contributed by atoms with Crippen molar-refractivity contribution in [3.8, 4) is 44.5 Å². The molecule has 10 aromatic carbocycles. The first kappa shape index (κ1) is 35.4. The molecule has 0 aromatic heterocycles. The van der Waals surface area contributed by atoms with E-state index in [2.05, 4.69) is 254 Å². The third kappa shape index (κ3) is 5.86. The molecule has 1 heteroatoms. The van der Waals surface area contributed by atoms with Gasteiger partial charge in [-0.3, -0.25) is 0 Å². The van der Waals surface area contributed by atoms with Gasteiger partial charge in [0.1, 0.15) is 0 Å². The summed E-state index contributed by atoms with van der Waals surface area (Å²) in [6.07, 6.45) is 0. The summed E-state index contributed by atoms with van der Waals surface area (Å²) in [7, 11) is 0. The van der Waals surface area contributed by atoms with Crippen LogP contribution in [-0.2, 0) is 5.41 Å². The van der Waals surface area contributed by atoms with Crippen LogP contribution >= 0.6 is 0 Å². The van der Waals surface area contributed by atoms with E-state index in [4.69, 9.17) is 0 Å². The van der Waals surface area contributed by atoms with Gasteiger partial charge in [0, 0.05) is 16.9 Å². The number of rotatable bonds is 8. The number of hydrogen-bond acceptors (Lipinski definition) is 1. The average Bonchev–Trinajstić information content (AvgIpc) is 3.63. The van der Waals surface area contributed by atoms with E-state index < -0.39 is 5.41 Å². The first-order valence-corrected chi connectivity index (χ1v) is 20.8. The molecule has 0 unspecified atom stereocenters. The van der Waals surface area contributed by atoms with Crippen molar-refractivity contribution in [2.45, 2.75) is 5.41 Å². The molecule has 0 aliphatic heterocycles. The van der Waals surface area contributed by atoms with E-state index in [9.17, 15) is 0 Å². The molecular weight excluding hydrogens is 723 g/mol. The maximum atomic E-state index is 2.46. The molecule has 1 aliphatic carbocycles. The highest BCUT2D eigenvalue weighted by molar-refractivity contribution is 5.98. The highest BCUT2D eigenvalue weighted by Gasteiger charge is 2.46. The smallest absolute Gasteiger partial charge is 0.0714 e. The number of nitrogens with zero attached hydrogens (tertiary/aromatic N) is 1. The van der Waals surface area contributed by atoms with Gasteiger partial charge in [0.2, 0.25) is 0 Å². The van der Waals surface area contributed by atoms with E-state index in [0.717, 1.165) is 22.6 Å². The van der Waals surface area contributed by atoms with Gasteiger partial charge in [0.05, 0.1) is 11.1 Å². The van der Waals surface area contributed by atoms with Crippen molar-refractivity contribution in [3.05, 3.63) is 271 Å². The van der Waals surface area contributed by atoms with E-state index in [0.29, 0.717) is 0 Å². The second-order valence-corrected chi connectivity index (χ2v) is 15.6. The zero-order chi connectivity index (χ0) is 39.9. The van der Waals surface area contributed by atoms with Gasteiger partial charge in [-0.1, -0.05) is 212 Å². The molecule has 282 valence electrons. The van der Waals surface area contributed by atoms with Crippen LogP contribution in [0.4, 0.5) is 17.1 Å². The van der Waals surface area contributed by atoms with Crippen LogP contribution < -0.4 is 4.90 Å². The van der Waals surface area contributed by atoms with Gasteiger partial charge in [-0.15, -0.1) is 0 Å². The number of fused-ring (bicyclic) bond motifs is 4. The van der Waals surface area contributed by atoms with Gasteiger partial charge in [-0.05, 0) is 108 Å². The SMILES string of the molecule is c1ccc(-c2ccc(N(c3ccc4c(c3)C(c3ccccc3)(c3ccccc3)c3ccccc3-4)c3ccccc3-c3cccc(-c4cccc5ccccc45)c3)cc2)cc1. The largest absolute Gasteiger partial charge is 0.310 e. The summed E-state index contributed by atoms with van der Waals surface area (Å²) in [5.41, 5.74) is 17.6. The Balaban J connectivity index is 1.14. The van der Waals surface area contributed by atoms with Crippen LogP contribution in [0.2, 0.25) is 0 Å². The summed E-state index contributed by atoms with van der Waals surface area (Å²) in [4.78, 5) is 2.46. The topological polar surface area (TPSA) is 3.24 Å². The minimum absolute atomic E-state index is 0.514. The minimum atomic E-state index is -0.514. The number of benzene rings is 10. The van der Waals surface area contributed by atoms with E-state index in [-0.39, 0.29) is 0 Å². The Morgan fingerprint density at radius 1 is 0.283 bits per heavy atom. The lowest BCUT2D eigenvalue weighted by Crippen LogP contribution is -2.28. The molecular formula is C59H41N. The lowest BCUT2D eigenvalue weighted by molar-refractivity contribution is 0.768. The van der Waals surface area contributed by atoms with Crippen molar-refractivity contribution in [3.63, 3.8) is 0 Å². The molecule has 1 nitrogen and oxygen atoms in total. The standard InChI is InChI=1S/C59H41N/c1-4-18-42(19-5-1)43-34-36-49(37-35-43)60(58-33-15-13-29-53(58)46-23-16-22-45(40-46)52-31-17-21-44-20-10-11-28-51(44)52)50-38-39-55-54-30-12-14-32-56(54)59(57(55)41-50,47-24-6-2-7-25-47)48-26-8-3-9-27-48/h1-41H. The van der Waals surface area contributed by atoms with Crippen molar-refractivity contribution in [1.82, 2.24) is 0 Å². The van der Waals surface area contributed by atoms with Gasteiger partial charge in [-0.25, -0.2) is 0 Å². The van der Waals surface area contributed by atoms with Gasteiger partial charge in [0.15, 0.2) is 0 Å². The Bertz CT molecular complexity index is 3090. The lowest BCUT2D eigenvalue weighted by Gasteiger charge is -2.35. The van der Waals surface area contributed by atoms with Crippen molar-refractivity contribution < 1.29 is 0 Å². The van der Waals surface area contributed by atoms with Crippen molar-refractivity contribution in [1.29, 1.82) is 0 Å². The zero-order valence-corrected chi connectivity index (χ0v) is 33.1. The molecule has 0 atom stereocenters. The Morgan fingerprint density at radius 3 is 1.53 bits per heavy atom. The molecule has 1 aliphatic rings. The normalized spacial score (nSPS) is 12.5. The molecule has 0 N–H and O–H groups in total. The fourth-order valence-electron chi connectivity index (χ4n) is 9.68. The van der Waals surface area contributed by atoms with Gasteiger partial charge in [0.25, 0.3) is 0 Å². The number of anilines is 3. The van der Waals surface area contributed by atoms with Crippen LogP contribution in [0.1, 0.15) is 22.3 Å². The molecule has 0 saturated carbocycles. The van der Waals surface area contributed by atoms with Crippen LogP contribution in [0.5, 0.6) is 0 Å². The maximum absolute atomic E-state index is 2.46. The summed E-state index contributed by atoms with van der Waals surface area (Å²) < 4.78 is 0. The third-order valence-corrected chi connectivity index (χ3v) is 12.4. The average molecular weight is 764 g/mol. The zero-order valence-electron chi connectivity index (χ0n) is 33.1. The van der Waals surface area contributed by atoms with Gasteiger partial charge < -0.3 is 4.90 Å². The third-order valence-electron chi connectivity index (χ3n) is 12.4.